The van der Waals surface area contributed by atoms with Gasteiger partial charge in [-0.2, -0.15) is 4.31 Å². The Balaban J connectivity index is 1.60. The van der Waals surface area contributed by atoms with Gasteiger partial charge in [0.05, 0.1) is 23.1 Å². The van der Waals surface area contributed by atoms with E-state index in [1.165, 1.54) is 28.6 Å². The van der Waals surface area contributed by atoms with Gasteiger partial charge >= 0.3 is 5.97 Å². The summed E-state index contributed by atoms with van der Waals surface area (Å²) in [5, 5.41) is 0. The molecular weight excluding hydrogens is 394 g/mol. The standard InChI is InChI=1S/C20H29N3O5S/c1-3-28-20(25)17-6-8-18(9-7-17)29(26,27)23-14-12-21(13-15-23)16(2)19(24)22-10-4-5-11-22/h6-9,16H,3-5,10-15H2,1-2H3/t16-/m0/s1. The summed E-state index contributed by atoms with van der Waals surface area (Å²) in [4.78, 5) is 28.4. The van der Waals surface area contributed by atoms with Crippen LogP contribution in [0.15, 0.2) is 29.2 Å². The van der Waals surface area contributed by atoms with Crippen molar-refractivity contribution in [2.24, 2.45) is 0 Å². The second-order valence-electron chi connectivity index (χ2n) is 7.39. The van der Waals surface area contributed by atoms with Crippen LogP contribution < -0.4 is 0 Å². The Morgan fingerprint density at radius 1 is 1.00 bits per heavy atom. The predicted molar refractivity (Wildman–Crippen MR) is 108 cm³/mol. The predicted octanol–water partition coefficient (Wildman–Crippen LogP) is 1.18. The molecule has 1 atom stereocenters. The van der Waals surface area contributed by atoms with Crippen molar-refractivity contribution in [1.29, 1.82) is 0 Å². The van der Waals surface area contributed by atoms with Gasteiger partial charge < -0.3 is 9.64 Å². The summed E-state index contributed by atoms with van der Waals surface area (Å²) >= 11 is 0. The van der Waals surface area contributed by atoms with E-state index in [1.807, 2.05) is 11.8 Å². The largest absolute Gasteiger partial charge is 0.462 e. The monoisotopic (exact) mass is 423 g/mol. The fraction of sp³-hybridized carbons (Fsp3) is 0.600. The zero-order valence-electron chi connectivity index (χ0n) is 17.0. The number of hydrogen-bond acceptors (Lipinski definition) is 6. The number of carbonyl (C=O) groups excluding carboxylic acids is 2. The Morgan fingerprint density at radius 3 is 2.14 bits per heavy atom. The van der Waals surface area contributed by atoms with Crippen LogP contribution in [-0.2, 0) is 19.6 Å². The zero-order valence-corrected chi connectivity index (χ0v) is 17.9. The molecular formula is C20H29N3O5S. The van der Waals surface area contributed by atoms with E-state index in [0.29, 0.717) is 31.7 Å². The van der Waals surface area contributed by atoms with E-state index in [1.54, 1.807) is 6.92 Å². The second-order valence-corrected chi connectivity index (χ2v) is 9.33. The summed E-state index contributed by atoms with van der Waals surface area (Å²) in [6.07, 6.45) is 2.11. The number of amides is 1. The van der Waals surface area contributed by atoms with E-state index in [0.717, 1.165) is 25.9 Å². The first-order chi connectivity index (χ1) is 13.8. The number of esters is 1. The molecule has 2 fully saturated rings. The van der Waals surface area contributed by atoms with Gasteiger partial charge in [0.2, 0.25) is 15.9 Å². The summed E-state index contributed by atoms with van der Waals surface area (Å²) in [7, 11) is -3.64. The lowest BCUT2D eigenvalue weighted by molar-refractivity contribution is -0.135. The molecule has 0 N–H and O–H groups in total. The van der Waals surface area contributed by atoms with E-state index in [4.69, 9.17) is 4.74 Å². The minimum Gasteiger partial charge on any atom is -0.462 e. The minimum atomic E-state index is -3.64. The quantitative estimate of drug-likeness (QED) is 0.639. The molecule has 2 aliphatic heterocycles. The summed E-state index contributed by atoms with van der Waals surface area (Å²) in [5.74, 6) is -0.338. The van der Waals surface area contributed by atoms with Gasteiger partial charge in [-0.1, -0.05) is 0 Å². The maximum absolute atomic E-state index is 12.9. The van der Waals surface area contributed by atoms with Crippen LogP contribution in [0.5, 0.6) is 0 Å². The molecule has 0 bridgehead atoms. The van der Waals surface area contributed by atoms with Gasteiger partial charge in [0.15, 0.2) is 0 Å². The third-order valence-corrected chi connectivity index (χ3v) is 7.51. The number of likely N-dealkylation sites (tertiary alicyclic amines) is 1. The van der Waals surface area contributed by atoms with E-state index in [2.05, 4.69) is 4.90 Å². The highest BCUT2D eigenvalue weighted by Gasteiger charge is 2.33. The molecule has 2 saturated heterocycles. The Morgan fingerprint density at radius 2 is 1.59 bits per heavy atom. The zero-order chi connectivity index (χ0) is 21.0. The maximum Gasteiger partial charge on any atom is 0.338 e. The topological polar surface area (TPSA) is 87.2 Å². The van der Waals surface area contributed by atoms with Gasteiger partial charge in [0, 0.05) is 39.3 Å². The van der Waals surface area contributed by atoms with Crippen LogP contribution in [0.2, 0.25) is 0 Å². The number of rotatable bonds is 6. The maximum atomic E-state index is 12.9. The van der Waals surface area contributed by atoms with E-state index in [9.17, 15) is 18.0 Å². The first-order valence-electron chi connectivity index (χ1n) is 10.1. The van der Waals surface area contributed by atoms with Gasteiger partial charge in [-0.15, -0.1) is 0 Å². The average molecular weight is 424 g/mol. The third-order valence-electron chi connectivity index (χ3n) is 5.60. The van der Waals surface area contributed by atoms with Gasteiger partial charge in [-0.3, -0.25) is 9.69 Å². The Hall–Kier alpha value is -1.97. The third kappa shape index (κ3) is 4.79. The molecule has 3 rings (SSSR count). The number of nitrogens with zero attached hydrogens (tertiary/aromatic N) is 3. The summed E-state index contributed by atoms with van der Waals surface area (Å²) < 4.78 is 32.2. The fourth-order valence-corrected chi connectivity index (χ4v) is 5.24. The van der Waals surface area contributed by atoms with E-state index in [-0.39, 0.29) is 23.5 Å². The highest BCUT2D eigenvalue weighted by Crippen LogP contribution is 2.20. The van der Waals surface area contributed by atoms with Crippen molar-refractivity contribution in [2.45, 2.75) is 37.6 Å². The van der Waals surface area contributed by atoms with E-state index < -0.39 is 16.0 Å². The van der Waals surface area contributed by atoms with Crippen LogP contribution in [0, 0.1) is 0 Å². The SMILES string of the molecule is CCOC(=O)c1ccc(S(=O)(=O)N2CCN([C@@H](C)C(=O)N3CCCC3)CC2)cc1. The Bertz CT molecular complexity index is 826. The summed E-state index contributed by atoms with van der Waals surface area (Å²) in [5.41, 5.74) is 0.324. The van der Waals surface area contributed by atoms with Crippen LogP contribution in [0.3, 0.4) is 0 Å². The van der Waals surface area contributed by atoms with Gasteiger partial charge in [-0.25, -0.2) is 13.2 Å². The number of carbonyl (C=O) groups is 2. The molecule has 1 aromatic carbocycles. The number of hydrogen-bond donors (Lipinski definition) is 0. The number of piperazine rings is 1. The number of ether oxygens (including phenoxy) is 1. The smallest absolute Gasteiger partial charge is 0.338 e. The molecule has 0 saturated carbocycles. The minimum absolute atomic E-state index is 0.133. The first kappa shape index (κ1) is 21.7. The normalized spacial score (nSPS) is 19.9. The second kappa shape index (κ2) is 9.23. The van der Waals surface area contributed by atoms with Gasteiger partial charge in [0.25, 0.3) is 0 Å². The molecule has 29 heavy (non-hydrogen) atoms. The van der Waals surface area contributed by atoms with Crippen LogP contribution in [0.4, 0.5) is 0 Å². The lowest BCUT2D eigenvalue weighted by Crippen LogP contribution is -2.55. The first-order valence-corrected chi connectivity index (χ1v) is 11.6. The van der Waals surface area contributed by atoms with Crippen molar-refractivity contribution >= 4 is 21.9 Å². The molecule has 0 unspecified atom stereocenters. The Labute approximate surface area is 172 Å². The Kier molecular flexibility index (Phi) is 6.92. The molecule has 9 heteroatoms. The van der Waals surface area contributed by atoms with Crippen molar-refractivity contribution in [1.82, 2.24) is 14.1 Å². The average Bonchev–Trinajstić information content (AvgIpc) is 3.28. The molecule has 1 amide bonds. The van der Waals surface area contributed by atoms with Crippen LogP contribution in [0.25, 0.3) is 0 Å². The molecule has 1 aromatic rings. The van der Waals surface area contributed by atoms with Crippen LogP contribution >= 0.6 is 0 Å². The van der Waals surface area contributed by atoms with Crippen molar-refractivity contribution in [3.05, 3.63) is 29.8 Å². The molecule has 2 aliphatic rings. The molecule has 8 nitrogen and oxygen atoms in total. The number of benzene rings is 1. The van der Waals surface area contributed by atoms with Crippen molar-refractivity contribution in [3.8, 4) is 0 Å². The highest BCUT2D eigenvalue weighted by molar-refractivity contribution is 7.89. The molecule has 0 radical (unpaired) electrons. The van der Waals surface area contributed by atoms with Crippen molar-refractivity contribution in [3.63, 3.8) is 0 Å². The van der Waals surface area contributed by atoms with Crippen LogP contribution in [-0.4, -0.2) is 86.3 Å². The molecule has 0 spiro atoms. The van der Waals surface area contributed by atoms with Crippen LogP contribution in [0.1, 0.15) is 37.0 Å². The lowest BCUT2D eigenvalue weighted by Gasteiger charge is -2.37. The molecule has 0 aliphatic carbocycles. The molecule has 2 heterocycles. The summed E-state index contributed by atoms with van der Waals surface area (Å²) in [6.45, 7) is 7.22. The summed E-state index contributed by atoms with van der Waals surface area (Å²) in [6, 6.07) is 5.58. The van der Waals surface area contributed by atoms with Crippen molar-refractivity contribution < 1.29 is 22.7 Å². The fourth-order valence-electron chi connectivity index (χ4n) is 3.82. The molecule has 0 aromatic heterocycles. The lowest BCUT2D eigenvalue weighted by atomic mass is 10.2. The van der Waals surface area contributed by atoms with E-state index >= 15 is 0 Å². The van der Waals surface area contributed by atoms with Gasteiger partial charge in [-0.05, 0) is 51.0 Å². The van der Waals surface area contributed by atoms with Gasteiger partial charge in [0.1, 0.15) is 0 Å². The number of sulfonamides is 1. The molecule has 160 valence electrons. The van der Waals surface area contributed by atoms with Crippen molar-refractivity contribution in [2.75, 3.05) is 45.9 Å². The highest BCUT2D eigenvalue weighted by atomic mass is 32.2.